The third kappa shape index (κ3) is 4.32. The van der Waals surface area contributed by atoms with Gasteiger partial charge in [-0.25, -0.2) is 4.98 Å². The van der Waals surface area contributed by atoms with Crippen LogP contribution in [0.15, 0.2) is 53.4 Å². The zero-order chi connectivity index (χ0) is 25.6. The fourth-order valence-corrected chi connectivity index (χ4v) is 4.78. The summed E-state index contributed by atoms with van der Waals surface area (Å²) < 4.78 is 13.0. The monoisotopic (exact) mass is 499 g/mol. The van der Waals surface area contributed by atoms with E-state index in [1.54, 1.807) is 31.2 Å². The van der Waals surface area contributed by atoms with Crippen LogP contribution >= 0.6 is 0 Å². The number of likely N-dealkylation sites (N-methyl/N-ethyl adjacent to an activating group) is 1. The first kappa shape index (κ1) is 23.2. The number of hydrogen-bond acceptors (Lipinski definition) is 8. The molecule has 0 bridgehead atoms. The van der Waals surface area contributed by atoms with Crippen LogP contribution in [0.3, 0.4) is 0 Å². The number of carbonyl (C=O) groups is 1. The molecule has 10 nitrogen and oxygen atoms in total. The van der Waals surface area contributed by atoms with E-state index in [9.17, 15) is 4.79 Å². The largest absolute Gasteiger partial charge is 0.488 e. The van der Waals surface area contributed by atoms with Crippen LogP contribution in [0.2, 0.25) is 0 Å². The van der Waals surface area contributed by atoms with E-state index in [1.165, 1.54) is 4.90 Å². The topological polar surface area (TPSA) is 111 Å². The predicted octanol–water partition coefficient (Wildman–Crippen LogP) is 3.60. The summed E-state index contributed by atoms with van der Waals surface area (Å²) in [4.78, 5) is 22.8. The van der Waals surface area contributed by atoms with E-state index in [4.69, 9.17) is 14.2 Å². The van der Waals surface area contributed by atoms with Gasteiger partial charge in [0.15, 0.2) is 17.4 Å². The highest BCUT2D eigenvalue weighted by molar-refractivity contribution is 5.75. The van der Waals surface area contributed by atoms with Crippen molar-refractivity contribution >= 4 is 11.7 Å². The molecule has 1 fully saturated rings. The summed E-state index contributed by atoms with van der Waals surface area (Å²) in [5.41, 5.74) is 3.53. The molecular weight excluding hydrogens is 470 g/mol. The quantitative estimate of drug-likeness (QED) is 0.411. The number of benzene rings is 1. The number of anilines is 1. The SMILES string of the molecule is CN(C)C(=O)Cn1cc(-c2nc([C@](C)(c3ccc(-c4cnc5c(c4)OCCN5)cc3)C3CC3)no2)cn1. The predicted molar refractivity (Wildman–Crippen MR) is 137 cm³/mol. The molecule has 1 saturated carbocycles. The molecule has 10 heteroatoms. The minimum Gasteiger partial charge on any atom is -0.488 e. The zero-order valence-corrected chi connectivity index (χ0v) is 21.1. The lowest BCUT2D eigenvalue weighted by Gasteiger charge is -2.27. The number of carbonyl (C=O) groups excluding carboxylic acids is 1. The molecule has 6 rings (SSSR count). The summed E-state index contributed by atoms with van der Waals surface area (Å²) >= 11 is 0. The van der Waals surface area contributed by atoms with E-state index >= 15 is 0 Å². The van der Waals surface area contributed by atoms with Gasteiger partial charge < -0.3 is 19.5 Å². The third-order valence-corrected chi connectivity index (χ3v) is 7.28. The van der Waals surface area contributed by atoms with E-state index in [2.05, 4.69) is 51.7 Å². The van der Waals surface area contributed by atoms with Gasteiger partial charge in [0.05, 0.1) is 23.7 Å². The van der Waals surface area contributed by atoms with Crippen LogP contribution in [0.4, 0.5) is 5.82 Å². The second-order valence-electron chi connectivity index (χ2n) is 10.0. The van der Waals surface area contributed by atoms with Crippen LogP contribution in [-0.4, -0.2) is 63.0 Å². The Morgan fingerprint density at radius 1 is 1.16 bits per heavy atom. The lowest BCUT2D eigenvalue weighted by molar-refractivity contribution is -0.129. The van der Waals surface area contributed by atoms with Gasteiger partial charge in [-0.3, -0.25) is 9.48 Å². The molecule has 1 aromatic carbocycles. The van der Waals surface area contributed by atoms with Gasteiger partial charge in [-0.1, -0.05) is 29.4 Å². The average molecular weight is 500 g/mol. The number of hydrogen-bond donors (Lipinski definition) is 1. The fraction of sp³-hybridized carbons (Fsp3) is 0.370. The molecule has 1 aliphatic heterocycles. The maximum atomic E-state index is 12.0. The van der Waals surface area contributed by atoms with Gasteiger partial charge in [0.2, 0.25) is 5.91 Å². The second-order valence-corrected chi connectivity index (χ2v) is 10.0. The number of pyridine rings is 1. The lowest BCUT2D eigenvalue weighted by Crippen LogP contribution is -2.28. The molecule has 4 aromatic rings. The van der Waals surface area contributed by atoms with Crippen molar-refractivity contribution in [2.75, 3.05) is 32.6 Å². The molecule has 0 saturated heterocycles. The van der Waals surface area contributed by atoms with Crippen LogP contribution < -0.4 is 10.1 Å². The third-order valence-electron chi connectivity index (χ3n) is 7.28. The Kier molecular flexibility index (Phi) is 5.66. The van der Waals surface area contributed by atoms with Gasteiger partial charge >= 0.3 is 0 Å². The molecule has 2 aliphatic rings. The number of nitrogens with one attached hydrogen (secondary N) is 1. The summed E-state index contributed by atoms with van der Waals surface area (Å²) in [7, 11) is 3.44. The lowest BCUT2D eigenvalue weighted by atomic mass is 9.76. The summed E-state index contributed by atoms with van der Waals surface area (Å²) in [5.74, 6) is 3.02. The Labute approximate surface area is 214 Å². The highest BCUT2D eigenvalue weighted by atomic mass is 16.5. The van der Waals surface area contributed by atoms with Crippen molar-refractivity contribution in [3.8, 4) is 28.3 Å². The molecule has 0 spiro atoms. The van der Waals surface area contributed by atoms with Crippen molar-refractivity contribution in [2.24, 2.45) is 5.92 Å². The summed E-state index contributed by atoms with van der Waals surface area (Å²) in [5, 5.41) is 11.9. The van der Waals surface area contributed by atoms with Crippen molar-refractivity contribution in [2.45, 2.75) is 31.7 Å². The number of ether oxygens (including phenoxy) is 1. The molecule has 1 aliphatic carbocycles. The van der Waals surface area contributed by atoms with Crippen LogP contribution in [0.5, 0.6) is 5.75 Å². The highest BCUT2D eigenvalue weighted by Crippen LogP contribution is 2.50. The molecular formula is C27H29N7O3. The normalized spacial score (nSPS) is 16.3. The van der Waals surface area contributed by atoms with E-state index in [-0.39, 0.29) is 17.9 Å². The standard InChI is InChI=1S/C27H29N7O3/c1-27(21-8-9-21,26-31-25(37-32-26)19-14-30-34(15-19)16-23(35)33(2)3)20-6-4-17(5-7-20)18-12-22-24(29-13-18)28-10-11-36-22/h4-7,12-15,21H,8-11,16H2,1-3H3,(H,28,29)/t27-/m1/s1. The maximum absolute atomic E-state index is 12.0. The molecule has 1 N–H and O–H groups in total. The van der Waals surface area contributed by atoms with Crippen molar-refractivity contribution in [1.82, 2.24) is 29.8 Å². The Hall–Kier alpha value is -4.21. The van der Waals surface area contributed by atoms with Crippen molar-refractivity contribution in [3.05, 3.63) is 60.3 Å². The van der Waals surface area contributed by atoms with Crippen LogP contribution in [0, 0.1) is 5.92 Å². The molecule has 0 unspecified atom stereocenters. The Morgan fingerprint density at radius 2 is 1.97 bits per heavy atom. The first-order chi connectivity index (χ1) is 17.9. The van der Waals surface area contributed by atoms with Crippen molar-refractivity contribution in [3.63, 3.8) is 0 Å². The van der Waals surface area contributed by atoms with E-state index in [1.807, 2.05) is 12.3 Å². The number of rotatable bonds is 7. The first-order valence-electron chi connectivity index (χ1n) is 12.5. The van der Waals surface area contributed by atoms with Crippen LogP contribution in [0.1, 0.15) is 31.2 Å². The van der Waals surface area contributed by atoms with Crippen LogP contribution in [-0.2, 0) is 16.8 Å². The molecule has 0 radical (unpaired) electrons. The first-order valence-corrected chi connectivity index (χ1v) is 12.5. The van der Waals surface area contributed by atoms with Gasteiger partial charge in [0.25, 0.3) is 5.89 Å². The zero-order valence-electron chi connectivity index (χ0n) is 21.1. The average Bonchev–Trinajstić information content (AvgIpc) is 3.48. The smallest absolute Gasteiger partial charge is 0.261 e. The Balaban J connectivity index is 1.26. The molecule has 1 amide bonds. The number of nitrogens with zero attached hydrogens (tertiary/aromatic N) is 6. The Morgan fingerprint density at radius 3 is 2.73 bits per heavy atom. The summed E-state index contributed by atoms with van der Waals surface area (Å²) in [6.07, 6.45) is 7.51. The van der Waals surface area contributed by atoms with Gasteiger partial charge in [0.1, 0.15) is 13.2 Å². The number of fused-ring (bicyclic) bond motifs is 1. The fourth-order valence-electron chi connectivity index (χ4n) is 4.78. The van der Waals surface area contributed by atoms with Gasteiger partial charge in [0, 0.05) is 32.1 Å². The second kappa shape index (κ2) is 9.02. The summed E-state index contributed by atoms with van der Waals surface area (Å²) in [6.45, 7) is 3.75. The van der Waals surface area contributed by atoms with Crippen molar-refractivity contribution < 1.29 is 14.1 Å². The minimum atomic E-state index is -0.377. The van der Waals surface area contributed by atoms with Gasteiger partial charge in [-0.2, -0.15) is 10.1 Å². The van der Waals surface area contributed by atoms with Gasteiger partial charge in [-0.15, -0.1) is 0 Å². The number of aromatic nitrogens is 5. The van der Waals surface area contributed by atoms with E-state index in [0.29, 0.717) is 29.8 Å². The van der Waals surface area contributed by atoms with Crippen molar-refractivity contribution in [1.29, 1.82) is 0 Å². The number of amides is 1. The van der Waals surface area contributed by atoms with Gasteiger partial charge in [-0.05, 0) is 42.9 Å². The molecule has 37 heavy (non-hydrogen) atoms. The molecule has 3 aromatic heterocycles. The van der Waals surface area contributed by atoms with E-state index < -0.39 is 0 Å². The highest BCUT2D eigenvalue weighted by Gasteiger charge is 2.47. The molecule has 4 heterocycles. The maximum Gasteiger partial charge on any atom is 0.261 e. The molecule has 190 valence electrons. The van der Waals surface area contributed by atoms with E-state index in [0.717, 1.165) is 47.6 Å². The molecule has 1 atom stereocenters. The minimum absolute atomic E-state index is 0.0408. The van der Waals surface area contributed by atoms with Crippen LogP contribution in [0.25, 0.3) is 22.6 Å². The Bertz CT molecular complexity index is 1440. The summed E-state index contributed by atoms with van der Waals surface area (Å²) in [6, 6.07) is 10.5.